The molecule has 1 aliphatic rings. The fourth-order valence-electron chi connectivity index (χ4n) is 1.86. The zero-order valence-electron chi connectivity index (χ0n) is 11.6. The summed E-state index contributed by atoms with van der Waals surface area (Å²) in [6.07, 6.45) is 1.23. The summed E-state index contributed by atoms with van der Waals surface area (Å²) >= 11 is 0. The molecule has 0 aliphatic carbocycles. The molecule has 9 heteroatoms. The number of hydrogen-bond acceptors (Lipinski definition) is 6. The van der Waals surface area contributed by atoms with Crippen LogP contribution in [0.25, 0.3) is 0 Å². The predicted molar refractivity (Wildman–Crippen MR) is 78.2 cm³/mol. The highest BCUT2D eigenvalue weighted by Gasteiger charge is 2.28. The summed E-state index contributed by atoms with van der Waals surface area (Å²) in [6.45, 7) is 1.65. The van der Waals surface area contributed by atoms with Crippen molar-refractivity contribution in [2.45, 2.75) is 13.3 Å². The standard InChI is InChI=1S/C13H13N5O4/c1-8-11(13(20)17-15-8)6-12(19)16-14-7-9-3-2-4-10(5-9)18(21)22/h2-5,7,11H,6H2,1H3,(H,16,19)(H,17,20)/b14-7-/t11-/m1/s1. The van der Waals surface area contributed by atoms with Crippen LogP contribution in [0, 0.1) is 16.0 Å². The molecule has 0 saturated heterocycles. The molecule has 0 aromatic heterocycles. The van der Waals surface area contributed by atoms with E-state index in [0.717, 1.165) is 0 Å². The van der Waals surface area contributed by atoms with E-state index in [4.69, 9.17) is 0 Å². The topological polar surface area (TPSA) is 126 Å². The zero-order chi connectivity index (χ0) is 16.1. The van der Waals surface area contributed by atoms with Crippen molar-refractivity contribution in [2.75, 3.05) is 0 Å². The maximum atomic E-state index is 11.7. The number of hydrazone groups is 2. The summed E-state index contributed by atoms with van der Waals surface area (Å²) in [7, 11) is 0. The molecule has 2 N–H and O–H groups in total. The molecule has 0 saturated carbocycles. The molecule has 2 rings (SSSR count). The van der Waals surface area contributed by atoms with Crippen LogP contribution in [0.4, 0.5) is 5.69 Å². The summed E-state index contributed by atoms with van der Waals surface area (Å²) in [6, 6.07) is 5.82. The minimum Gasteiger partial charge on any atom is -0.273 e. The van der Waals surface area contributed by atoms with Gasteiger partial charge in [0, 0.05) is 29.8 Å². The van der Waals surface area contributed by atoms with Gasteiger partial charge in [-0.1, -0.05) is 12.1 Å². The number of nitro groups is 1. The number of nitrogens with one attached hydrogen (secondary N) is 2. The molecule has 1 aromatic carbocycles. The van der Waals surface area contributed by atoms with E-state index in [1.165, 1.54) is 24.4 Å². The van der Waals surface area contributed by atoms with Gasteiger partial charge < -0.3 is 0 Å². The molecule has 9 nitrogen and oxygen atoms in total. The Balaban J connectivity index is 1.91. The van der Waals surface area contributed by atoms with E-state index in [0.29, 0.717) is 11.3 Å². The average Bonchev–Trinajstić information content (AvgIpc) is 2.79. The van der Waals surface area contributed by atoms with E-state index < -0.39 is 16.7 Å². The Morgan fingerprint density at radius 1 is 1.59 bits per heavy atom. The number of nitro benzene ring substituents is 1. The highest BCUT2D eigenvalue weighted by Crippen LogP contribution is 2.12. The largest absolute Gasteiger partial charge is 0.273 e. The van der Waals surface area contributed by atoms with Gasteiger partial charge in [-0.05, 0) is 6.92 Å². The summed E-state index contributed by atoms with van der Waals surface area (Å²) in [5, 5.41) is 18.1. The average molecular weight is 303 g/mol. The second-order valence-electron chi connectivity index (χ2n) is 4.63. The van der Waals surface area contributed by atoms with Gasteiger partial charge in [-0.25, -0.2) is 10.9 Å². The first-order chi connectivity index (χ1) is 10.5. The summed E-state index contributed by atoms with van der Waals surface area (Å²) in [4.78, 5) is 33.2. The van der Waals surface area contributed by atoms with Gasteiger partial charge in [0.05, 0.1) is 17.1 Å². The van der Waals surface area contributed by atoms with E-state index in [9.17, 15) is 19.7 Å². The number of benzene rings is 1. The van der Waals surface area contributed by atoms with E-state index in [1.54, 1.807) is 13.0 Å². The number of carbonyl (C=O) groups excluding carboxylic acids is 2. The molecule has 1 heterocycles. The van der Waals surface area contributed by atoms with E-state index in [-0.39, 0.29) is 18.0 Å². The molecule has 1 aliphatic heterocycles. The van der Waals surface area contributed by atoms with Gasteiger partial charge in [-0.2, -0.15) is 10.2 Å². The summed E-state index contributed by atoms with van der Waals surface area (Å²) in [5.74, 6) is -1.36. The van der Waals surface area contributed by atoms with Crippen LogP contribution in [0.2, 0.25) is 0 Å². The quantitative estimate of drug-likeness (QED) is 0.468. The third-order valence-corrected chi connectivity index (χ3v) is 3.04. The van der Waals surface area contributed by atoms with Crippen LogP contribution >= 0.6 is 0 Å². The highest BCUT2D eigenvalue weighted by molar-refractivity contribution is 6.09. The number of carbonyl (C=O) groups is 2. The zero-order valence-corrected chi connectivity index (χ0v) is 11.6. The number of amides is 2. The smallest absolute Gasteiger partial charge is 0.270 e. The molecular formula is C13H13N5O4. The monoisotopic (exact) mass is 303 g/mol. The summed E-state index contributed by atoms with van der Waals surface area (Å²) in [5.41, 5.74) is 5.52. The van der Waals surface area contributed by atoms with Crippen LogP contribution in [0.15, 0.2) is 34.5 Å². The van der Waals surface area contributed by atoms with Crippen molar-refractivity contribution in [3.63, 3.8) is 0 Å². The number of nitrogens with zero attached hydrogens (tertiary/aromatic N) is 3. The van der Waals surface area contributed by atoms with Crippen molar-refractivity contribution >= 4 is 29.4 Å². The fraction of sp³-hybridized carbons (Fsp3) is 0.231. The normalized spacial score (nSPS) is 17.2. The first kappa shape index (κ1) is 15.3. The number of hydrogen-bond donors (Lipinski definition) is 2. The van der Waals surface area contributed by atoms with Gasteiger partial charge in [0.15, 0.2) is 0 Å². The Bertz CT molecular complexity index is 683. The number of non-ortho nitro benzene ring substituents is 1. The molecule has 0 fully saturated rings. The van der Waals surface area contributed by atoms with Crippen LogP contribution in [0.1, 0.15) is 18.9 Å². The second-order valence-corrected chi connectivity index (χ2v) is 4.63. The molecule has 2 amide bonds. The van der Waals surface area contributed by atoms with Crippen molar-refractivity contribution in [2.24, 2.45) is 16.1 Å². The van der Waals surface area contributed by atoms with Crippen LogP contribution in [-0.2, 0) is 9.59 Å². The molecule has 1 aromatic rings. The maximum absolute atomic E-state index is 11.7. The van der Waals surface area contributed by atoms with E-state index in [1.807, 2.05) is 0 Å². The van der Waals surface area contributed by atoms with Gasteiger partial charge >= 0.3 is 0 Å². The van der Waals surface area contributed by atoms with Gasteiger partial charge in [0.25, 0.3) is 5.69 Å². The lowest BCUT2D eigenvalue weighted by Gasteiger charge is -2.05. The van der Waals surface area contributed by atoms with Crippen molar-refractivity contribution in [1.82, 2.24) is 10.9 Å². The molecule has 114 valence electrons. The predicted octanol–water partition coefficient (Wildman–Crippen LogP) is 0.557. The van der Waals surface area contributed by atoms with Crippen LogP contribution in [-0.4, -0.2) is 28.7 Å². The van der Waals surface area contributed by atoms with Crippen LogP contribution < -0.4 is 10.9 Å². The molecular weight excluding hydrogens is 290 g/mol. The third-order valence-electron chi connectivity index (χ3n) is 3.04. The van der Waals surface area contributed by atoms with E-state index in [2.05, 4.69) is 21.1 Å². The van der Waals surface area contributed by atoms with Gasteiger partial charge in [0.2, 0.25) is 11.8 Å². The molecule has 0 radical (unpaired) electrons. The lowest BCUT2D eigenvalue weighted by molar-refractivity contribution is -0.384. The van der Waals surface area contributed by atoms with Crippen LogP contribution in [0.5, 0.6) is 0 Å². The lowest BCUT2D eigenvalue weighted by atomic mass is 10.0. The Kier molecular flexibility index (Phi) is 4.57. The Labute approximate surface area is 125 Å². The fourth-order valence-corrected chi connectivity index (χ4v) is 1.86. The third kappa shape index (κ3) is 3.72. The lowest BCUT2D eigenvalue weighted by Crippen LogP contribution is -2.29. The van der Waals surface area contributed by atoms with Crippen molar-refractivity contribution in [3.8, 4) is 0 Å². The molecule has 0 unspecified atom stereocenters. The van der Waals surface area contributed by atoms with E-state index >= 15 is 0 Å². The maximum Gasteiger partial charge on any atom is 0.270 e. The Morgan fingerprint density at radius 2 is 2.36 bits per heavy atom. The van der Waals surface area contributed by atoms with Crippen molar-refractivity contribution in [3.05, 3.63) is 39.9 Å². The highest BCUT2D eigenvalue weighted by atomic mass is 16.6. The van der Waals surface area contributed by atoms with Crippen molar-refractivity contribution < 1.29 is 14.5 Å². The molecule has 0 bridgehead atoms. The minimum atomic E-state index is -0.590. The minimum absolute atomic E-state index is 0.0621. The molecule has 22 heavy (non-hydrogen) atoms. The van der Waals surface area contributed by atoms with Gasteiger partial charge in [-0.3, -0.25) is 19.7 Å². The SMILES string of the molecule is CC1=NNC(=O)[C@@H]1CC(=O)N/N=C\c1cccc([N+](=O)[O-])c1. The van der Waals surface area contributed by atoms with Crippen LogP contribution in [0.3, 0.4) is 0 Å². The Morgan fingerprint density at radius 3 is 3.00 bits per heavy atom. The molecule has 0 spiro atoms. The first-order valence-electron chi connectivity index (χ1n) is 6.38. The van der Waals surface area contributed by atoms with Crippen molar-refractivity contribution in [1.29, 1.82) is 0 Å². The second kappa shape index (κ2) is 6.57. The summed E-state index contributed by atoms with van der Waals surface area (Å²) < 4.78 is 0. The van der Waals surface area contributed by atoms with Gasteiger partial charge in [0.1, 0.15) is 0 Å². The Hall–Kier alpha value is -3.10. The molecule has 1 atom stereocenters. The number of rotatable bonds is 5. The first-order valence-corrected chi connectivity index (χ1v) is 6.38. The van der Waals surface area contributed by atoms with Gasteiger partial charge in [-0.15, -0.1) is 0 Å².